The van der Waals surface area contributed by atoms with E-state index in [1.165, 1.54) is 17.3 Å². The molecule has 0 bridgehead atoms. The summed E-state index contributed by atoms with van der Waals surface area (Å²) in [5, 5.41) is 4.10. The summed E-state index contributed by atoms with van der Waals surface area (Å²) in [6.45, 7) is 6.89. The van der Waals surface area contributed by atoms with Crippen LogP contribution in [0.5, 0.6) is 0 Å². The second-order valence-corrected chi connectivity index (χ2v) is 6.69. The first-order chi connectivity index (χ1) is 11.4. The minimum atomic E-state index is -0.511. The Morgan fingerprint density at radius 3 is 2.42 bits per heavy atom. The van der Waals surface area contributed by atoms with E-state index in [4.69, 9.17) is 9.47 Å². The van der Waals surface area contributed by atoms with Crippen LogP contribution in [0.2, 0.25) is 0 Å². The van der Waals surface area contributed by atoms with Crippen LogP contribution in [0.1, 0.15) is 38.2 Å². The molecule has 6 nitrogen and oxygen atoms in total. The Hall–Kier alpha value is -2.31. The Labute approximate surface area is 141 Å². The molecule has 1 aromatic heterocycles. The van der Waals surface area contributed by atoms with Crippen LogP contribution in [0, 0.1) is 5.41 Å². The molecular formula is C18H21N3O3. The minimum Gasteiger partial charge on any atom is -0.346 e. The fourth-order valence-electron chi connectivity index (χ4n) is 2.41. The first-order valence-electron chi connectivity index (χ1n) is 7.90. The van der Waals surface area contributed by atoms with Gasteiger partial charge in [-0.1, -0.05) is 45.0 Å². The molecule has 0 saturated carbocycles. The molecule has 0 spiro atoms. The Balaban J connectivity index is 1.91. The van der Waals surface area contributed by atoms with Crippen molar-refractivity contribution in [3.05, 3.63) is 48.0 Å². The highest BCUT2D eigenvalue weighted by Gasteiger charge is 2.26. The monoisotopic (exact) mass is 327 g/mol. The molecule has 0 N–H and O–H groups in total. The van der Waals surface area contributed by atoms with Crippen LogP contribution < -0.4 is 0 Å². The molecule has 1 aliphatic rings. The molecule has 1 aromatic carbocycles. The van der Waals surface area contributed by atoms with Crippen molar-refractivity contribution >= 4 is 17.6 Å². The van der Waals surface area contributed by atoms with Crippen LogP contribution in [-0.2, 0) is 14.3 Å². The van der Waals surface area contributed by atoms with Gasteiger partial charge in [-0.2, -0.15) is 5.10 Å². The molecule has 0 unspecified atom stereocenters. The van der Waals surface area contributed by atoms with E-state index < -0.39 is 5.41 Å². The lowest BCUT2D eigenvalue weighted by Gasteiger charge is -2.18. The lowest BCUT2D eigenvalue weighted by Crippen LogP contribution is -2.24. The standard InChI is InChI=1S/C18H21N3O3/c1-18(2,3)16(22)15(21-12-19-11-20-21)10-13-4-6-14(7-5-13)17-23-8-9-24-17/h4-7,10-12,17H,8-9H2,1-3H3. The zero-order valence-electron chi connectivity index (χ0n) is 14.1. The first-order valence-corrected chi connectivity index (χ1v) is 7.90. The highest BCUT2D eigenvalue weighted by Crippen LogP contribution is 2.26. The van der Waals surface area contributed by atoms with E-state index in [-0.39, 0.29) is 12.1 Å². The third-order valence-electron chi connectivity index (χ3n) is 3.71. The number of hydrogen-bond donors (Lipinski definition) is 0. The van der Waals surface area contributed by atoms with E-state index in [1.54, 1.807) is 0 Å². The maximum absolute atomic E-state index is 12.7. The average Bonchev–Trinajstić information content (AvgIpc) is 3.25. The zero-order chi connectivity index (χ0) is 17.2. The number of ketones is 1. The van der Waals surface area contributed by atoms with Gasteiger partial charge in [0.25, 0.3) is 0 Å². The summed E-state index contributed by atoms with van der Waals surface area (Å²) in [4.78, 5) is 16.7. The number of aromatic nitrogens is 3. The maximum atomic E-state index is 12.7. The molecule has 0 atom stereocenters. The SMILES string of the molecule is CC(C)(C)C(=O)C(=Cc1ccc(C2OCCO2)cc1)n1cncn1. The van der Waals surface area contributed by atoms with E-state index in [9.17, 15) is 4.79 Å². The average molecular weight is 327 g/mol. The van der Waals surface area contributed by atoms with Crippen molar-refractivity contribution < 1.29 is 14.3 Å². The fraction of sp³-hybridized carbons (Fsp3) is 0.389. The number of Topliss-reactive ketones (excluding diaryl/α,β-unsaturated/α-hetero) is 1. The molecule has 2 aromatic rings. The van der Waals surface area contributed by atoms with E-state index in [2.05, 4.69) is 10.1 Å². The molecule has 0 amide bonds. The predicted octanol–water partition coefficient (Wildman–Crippen LogP) is 2.94. The Morgan fingerprint density at radius 2 is 1.88 bits per heavy atom. The number of rotatable bonds is 4. The quantitative estimate of drug-likeness (QED) is 0.808. The number of hydrogen-bond acceptors (Lipinski definition) is 5. The van der Waals surface area contributed by atoms with Crippen molar-refractivity contribution in [2.24, 2.45) is 5.41 Å². The second-order valence-electron chi connectivity index (χ2n) is 6.69. The summed E-state index contributed by atoms with van der Waals surface area (Å²) >= 11 is 0. The van der Waals surface area contributed by atoms with Gasteiger partial charge in [0, 0.05) is 11.0 Å². The van der Waals surface area contributed by atoms with Gasteiger partial charge in [0.05, 0.1) is 13.2 Å². The molecule has 0 aliphatic carbocycles. The zero-order valence-corrected chi connectivity index (χ0v) is 14.1. The predicted molar refractivity (Wildman–Crippen MR) is 89.7 cm³/mol. The van der Waals surface area contributed by atoms with Crippen molar-refractivity contribution in [1.29, 1.82) is 0 Å². The summed E-state index contributed by atoms with van der Waals surface area (Å²) in [6.07, 6.45) is 4.47. The van der Waals surface area contributed by atoms with E-state index >= 15 is 0 Å². The maximum Gasteiger partial charge on any atom is 0.186 e. The lowest BCUT2D eigenvalue weighted by atomic mass is 9.88. The van der Waals surface area contributed by atoms with Gasteiger partial charge in [0.2, 0.25) is 0 Å². The van der Waals surface area contributed by atoms with E-state index in [0.717, 1.165) is 11.1 Å². The molecule has 3 rings (SSSR count). The summed E-state index contributed by atoms with van der Waals surface area (Å²) < 4.78 is 12.5. The molecule has 1 fully saturated rings. The molecule has 2 heterocycles. The number of ether oxygens (including phenoxy) is 2. The number of nitrogens with zero attached hydrogens (tertiary/aromatic N) is 3. The van der Waals surface area contributed by atoms with Crippen molar-refractivity contribution in [3.63, 3.8) is 0 Å². The Kier molecular flexibility index (Phi) is 4.59. The van der Waals surface area contributed by atoms with Crippen molar-refractivity contribution in [2.75, 3.05) is 13.2 Å². The summed E-state index contributed by atoms with van der Waals surface area (Å²) in [5.74, 6) is -0.000430. The van der Waals surface area contributed by atoms with Gasteiger partial charge in [-0.25, -0.2) is 9.67 Å². The van der Waals surface area contributed by atoms with Crippen molar-refractivity contribution in [2.45, 2.75) is 27.1 Å². The highest BCUT2D eigenvalue weighted by molar-refractivity contribution is 6.21. The molecule has 1 aliphatic heterocycles. The van der Waals surface area contributed by atoms with E-state index in [0.29, 0.717) is 18.9 Å². The summed E-state index contributed by atoms with van der Waals surface area (Å²) in [7, 11) is 0. The summed E-state index contributed by atoms with van der Waals surface area (Å²) in [5.41, 5.74) is 1.85. The molecular weight excluding hydrogens is 306 g/mol. The smallest absolute Gasteiger partial charge is 0.186 e. The third-order valence-corrected chi connectivity index (χ3v) is 3.71. The number of benzene rings is 1. The van der Waals surface area contributed by atoms with Gasteiger partial charge in [0.1, 0.15) is 18.4 Å². The third kappa shape index (κ3) is 3.60. The van der Waals surface area contributed by atoms with Gasteiger partial charge in [-0.3, -0.25) is 4.79 Å². The van der Waals surface area contributed by atoms with Crippen LogP contribution in [0.3, 0.4) is 0 Å². The van der Waals surface area contributed by atoms with Crippen LogP contribution in [0.15, 0.2) is 36.9 Å². The summed E-state index contributed by atoms with van der Waals surface area (Å²) in [6, 6.07) is 7.77. The largest absolute Gasteiger partial charge is 0.346 e. The number of carbonyl (C=O) groups is 1. The van der Waals surface area contributed by atoms with Gasteiger partial charge >= 0.3 is 0 Å². The molecule has 0 radical (unpaired) electrons. The second kappa shape index (κ2) is 6.67. The van der Waals surface area contributed by atoms with Gasteiger partial charge in [-0.15, -0.1) is 0 Å². The molecule has 1 saturated heterocycles. The van der Waals surface area contributed by atoms with Gasteiger partial charge in [-0.05, 0) is 11.6 Å². The van der Waals surface area contributed by atoms with Crippen molar-refractivity contribution in [1.82, 2.24) is 14.8 Å². The van der Waals surface area contributed by atoms with Crippen LogP contribution in [0.4, 0.5) is 0 Å². The van der Waals surface area contributed by atoms with Crippen LogP contribution >= 0.6 is 0 Å². The topological polar surface area (TPSA) is 66.2 Å². The van der Waals surface area contributed by atoms with Gasteiger partial charge < -0.3 is 9.47 Å². The highest BCUT2D eigenvalue weighted by atomic mass is 16.7. The molecule has 6 heteroatoms. The fourth-order valence-corrected chi connectivity index (χ4v) is 2.41. The minimum absolute atomic E-state index is 0.000430. The van der Waals surface area contributed by atoms with Crippen LogP contribution in [0.25, 0.3) is 11.8 Å². The first kappa shape index (κ1) is 16.5. The molecule has 24 heavy (non-hydrogen) atoms. The van der Waals surface area contributed by atoms with Gasteiger partial charge in [0.15, 0.2) is 12.1 Å². The van der Waals surface area contributed by atoms with E-state index in [1.807, 2.05) is 51.1 Å². The number of carbonyl (C=O) groups excluding carboxylic acids is 1. The number of allylic oxidation sites excluding steroid dienone is 1. The van der Waals surface area contributed by atoms with Crippen LogP contribution in [-0.4, -0.2) is 33.8 Å². The lowest BCUT2D eigenvalue weighted by molar-refractivity contribution is -0.120. The Morgan fingerprint density at radius 1 is 1.21 bits per heavy atom. The normalized spacial score (nSPS) is 16.5. The Bertz CT molecular complexity index is 722. The van der Waals surface area contributed by atoms with Crippen molar-refractivity contribution in [3.8, 4) is 0 Å². The molecule has 126 valence electrons.